The van der Waals surface area contributed by atoms with Crippen LogP contribution in [0.2, 0.25) is 0 Å². The average Bonchev–Trinajstić information content (AvgIpc) is 3.37. The monoisotopic (exact) mass is 425 g/mol. The molecule has 0 fully saturated rings. The zero-order valence-corrected chi connectivity index (χ0v) is 18.4. The molecule has 1 unspecified atom stereocenters. The van der Waals surface area contributed by atoms with Crippen molar-refractivity contribution >= 4 is 55.3 Å². The van der Waals surface area contributed by atoms with E-state index in [0.29, 0.717) is 5.92 Å². The highest BCUT2D eigenvalue weighted by molar-refractivity contribution is 6.15. The summed E-state index contributed by atoms with van der Waals surface area (Å²) in [6, 6.07) is 34.6. The van der Waals surface area contributed by atoms with Crippen molar-refractivity contribution in [3.8, 4) is 0 Å². The zero-order valence-electron chi connectivity index (χ0n) is 18.4. The second-order valence-electron chi connectivity index (χ2n) is 8.97. The van der Waals surface area contributed by atoms with Gasteiger partial charge in [0.05, 0.1) is 22.1 Å². The van der Waals surface area contributed by atoms with Gasteiger partial charge in [-0.25, -0.2) is 4.99 Å². The highest BCUT2D eigenvalue weighted by atomic mass is 15.2. The van der Waals surface area contributed by atoms with Crippen LogP contribution >= 0.6 is 0 Å². The second-order valence-corrected chi connectivity index (χ2v) is 8.97. The first-order valence-corrected chi connectivity index (χ1v) is 11.6. The topological polar surface area (TPSA) is 22.2 Å². The Balaban J connectivity index is 1.53. The van der Waals surface area contributed by atoms with Gasteiger partial charge in [-0.15, -0.1) is 0 Å². The van der Waals surface area contributed by atoms with E-state index >= 15 is 0 Å². The predicted octanol–water partition coefficient (Wildman–Crippen LogP) is 7.69. The van der Waals surface area contributed by atoms with Crippen molar-refractivity contribution in [1.29, 1.82) is 0 Å². The third-order valence-corrected chi connectivity index (χ3v) is 6.83. The molecule has 2 aromatic heterocycles. The molecule has 0 saturated carbocycles. The summed E-state index contributed by atoms with van der Waals surface area (Å²) in [4.78, 5) is 5.32. The predicted molar refractivity (Wildman–Crippen MR) is 140 cm³/mol. The minimum Gasteiger partial charge on any atom is -0.297 e. The van der Waals surface area contributed by atoms with Crippen LogP contribution in [-0.2, 0) is 0 Å². The Morgan fingerprint density at radius 3 is 1.42 bits per heavy atom. The zero-order chi connectivity index (χ0) is 21.9. The van der Waals surface area contributed by atoms with E-state index in [2.05, 4.69) is 119 Å². The molecule has 3 heterocycles. The van der Waals surface area contributed by atoms with Gasteiger partial charge >= 0.3 is 0 Å². The summed E-state index contributed by atoms with van der Waals surface area (Å²) < 4.78 is 4.69. The van der Waals surface area contributed by atoms with Crippen LogP contribution in [0.4, 0.5) is 0 Å². The number of hydrogen-bond acceptors (Lipinski definition) is 1. The Kier molecular flexibility index (Phi) is 3.88. The van der Waals surface area contributed by atoms with Gasteiger partial charge in [0.15, 0.2) is 0 Å². The van der Waals surface area contributed by atoms with Gasteiger partial charge in [0, 0.05) is 28.0 Å². The van der Waals surface area contributed by atoms with Crippen molar-refractivity contribution in [3.05, 3.63) is 103 Å². The molecule has 1 atom stereocenters. The fraction of sp³-hybridized carbons (Fsp3) is 0.100. The van der Waals surface area contributed by atoms with E-state index in [1.165, 1.54) is 43.6 Å². The Hall–Kier alpha value is -4.11. The Morgan fingerprint density at radius 1 is 0.576 bits per heavy atom. The van der Waals surface area contributed by atoms with Crippen LogP contribution in [0.25, 0.3) is 49.4 Å². The average molecular weight is 426 g/mol. The molecule has 7 rings (SSSR count). The molecule has 3 heteroatoms. The standard InChI is InChI=1S/C30H23N3/c1-20-18-29(32-25-14-6-2-10-21(25)22-11-3-7-15-26(22)32)31-30(19-20)33-27-16-8-4-12-23(27)24-13-5-9-17-28(24)33/h2-18,20H,19H2,1H3. The van der Waals surface area contributed by atoms with Crippen molar-refractivity contribution in [3.63, 3.8) is 0 Å². The molecule has 0 N–H and O–H groups in total. The Labute approximate surface area is 191 Å². The highest BCUT2D eigenvalue weighted by Crippen LogP contribution is 2.36. The van der Waals surface area contributed by atoms with Crippen molar-refractivity contribution in [1.82, 2.24) is 9.13 Å². The van der Waals surface area contributed by atoms with Crippen LogP contribution in [0.5, 0.6) is 0 Å². The lowest BCUT2D eigenvalue weighted by molar-refractivity contribution is 0.739. The van der Waals surface area contributed by atoms with Gasteiger partial charge in [0.2, 0.25) is 0 Å². The third kappa shape index (κ3) is 2.66. The Bertz CT molecular complexity index is 1650. The van der Waals surface area contributed by atoms with Crippen molar-refractivity contribution in [2.24, 2.45) is 10.9 Å². The first-order chi connectivity index (χ1) is 16.3. The smallest absolute Gasteiger partial charge is 0.135 e. The summed E-state index contributed by atoms with van der Waals surface area (Å²) in [5.41, 5.74) is 4.83. The molecule has 1 aliphatic rings. The molecular weight excluding hydrogens is 402 g/mol. The van der Waals surface area contributed by atoms with E-state index in [4.69, 9.17) is 4.99 Å². The highest BCUT2D eigenvalue weighted by Gasteiger charge is 2.22. The molecule has 158 valence electrons. The summed E-state index contributed by atoms with van der Waals surface area (Å²) in [6.07, 6.45) is 3.22. The lowest BCUT2D eigenvalue weighted by atomic mass is 10.0. The minimum atomic E-state index is 0.382. The lowest BCUT2D eigenvalue weighted by Crippen LogP contribution is -2.19. The largest absolute Gasteiger partial charge is 0.297 e. The van der Waals surface area contributed by atoms with Gasteiger partial charge in [-0.2, -0.15) is 0 Å². The Morgan fingerprint density at radius 2 is 0.970 bits per heavy atom. The first-order valence-electron chi connectivity index (χ1n) is 11.6. The van der Waals surface area contributed by atoms with Gasteiger partial charge in [0.1, 0.15) is 11.7 Å². The third-order valence-electron chi connectivity index (χ3n) is 6.83. The molecular formula is C30H23N3. The normalized spacial score (nSPS) is 16.6. The number of allylic oxidation sites excluding steroid dienone is 1. The van der Waals surface area contributed by atoms with E-state index < -0.39 is 0 Å². The van der Waals surface area contributed by atoms with Crippen molar-refractivity contribution < 1.29 is 0 Å². The number of hydrogen-bond donors (Lipinski definition) is 0. The van der Waals surface area contributed by atoms with Crippen LogP contribution in [0.15, 0.2) is 108 Å². The molecule has 3 nitrogen and oxygen atoms in total. The van der Waals surface area contributed by atoms with Gasteiger partial charge < -0.3 is 0 Å². The summed E-state index contributed by atoms with van der Waals surface area (Å²) in [5.74, 6) is 2.48. The van der Waals surface area contributed by atoms with E-state index in [1.54, 1.807) is 0 Å². The SMILES string of the molecule is CC1C=C(n2c3ccccc3c3ccccc32)N=C(n2c3ccccc3c3ccccc32)C1. The van der Waals surface area contributed by atoms with Crippen LogP contribution in [0.1, 0.15) is 13.3 Å². The minimum absolute atomic E-state index is 0.382. The molecule has 0 aliphatic carbocycles. The molecule has 0 spiro atoms. The maximum atomic E-state index is 5.32. The van der Waals surface area contributed by atoms with Crippen LogP contribution in [0, 0.1) is 5.92 Å². The lowest BCUT2D eigenvalue weighted by Gasteiger charge is -2.21. The molecule has 4 aromatic carbocycles. The number of rotatable bonds is 1. The molecule has 0 radical (unpaired) electrons. The number of fused-ring (bicyclic) bond motifs is 6. The fourth-order valence-electron chi connectivity index (χ4n) is 5.45. The number of benzene rings is 4. The van der Waals surface area contributed by atoms with Crippen molar-refractivity contribution in [2.75, 3.05) is 0 Å². The molecule has 6 aromatic rings. The summed E-state index contributed by atoms with van der Waals surface area (Å²) >= 11 is 0. The molecule has 1 aliphatic heterocycles. The first kappa shape index (κ1) is 18.5. The van der Waals surface area contributed by atoms with Crippen molar-refractivity contribution in [2.45, 2.75) is 13.3 Å². The number of nitrogens with zero attached hydrogens (tertiary/aromatic N) is 3. The maximum absolute atomic E-state index is 5.32. The maximum Gasteiger partial charge on any atom is 0.135 e. The van der Waals surface area contributed by atoms with Gasteiger partial charge in [-0.3, -0.25) is 9.13 Å². The summed E-state index contributed by atoms with van der Waals surface area (Å²) in [7, 11) is 0. The number of para-hydroxylation sites is 4. The summed E-state index contributed by atoms with van der Waals surface area (Å²) in [6.45, 7) is 2.29. The van der Waals surface area contributed by atoms with Gasteiger partial charge in [-0.1, -0.05) is 79.7 Å². The van der Waals surface area contributed by atoms with Gasteiger partial charge in [0.25, 0.3) is 0 Å². The summed E-state index contributed by atoms with van der Waals surface area (Å²) in [5, 5.41) is 5.08. The van der Waals surface area contributed by atoms with E-state index in [1.807, 2.05) is 0 Å². The van der Waals surface area contributed by atoms with Gasteiger partial charge in [-0.05, 0) is 36.3 Å². The molecule has 0 amide bonds. The van der Waals surface area contributed by atoms with E-state index in [0.717, 1.165) is 18.1 Å². The molecule has 0 saturated heterocycles. The molecule has 0 bridgehead atoms. The van der Waals surface area contributed by atoms with Crippen LogP contribution in [0.3, 0.4) is 0 Å². The van der Waals surface area contributed by atoms with Crippen LogP contribution < -0.4 is 0 Å². The van der Waals surface area contributed by atoms with E-state index in [9.17, 15) is 0 Å². The fourth-order valence-corrected chi connectivity index (χ4v) is 5.45. The quantitative estimate of drug-likeness (QED) is 0.258. The second kappa shape index (κ2) is 6.94. The molecule has 33 heavy (non-hydrogen) atoms. The van der Waals surface area contributed by atoms with E-state index in [-0.39, 0.29) is 0 Å². The number of aliphatic imine (C=N–C) groups is 1. The number of aromatic nitrogens is 2. The van der Waals surface area contributed by atoms with Crippen LogP contribution in [-0.4, -0.2) is 15.0 Å².